The first-order valence-electron chi connectivity index (χ1n) is 12.0. The van der Waals surface area contributed by atoms with E-state index in [4.69, 9.17) is 9.47 Å². The Morgan fingerprint density at radius 3 is 2.09 bits per heavy atom. The summed E-state index contributed by atoms with van der Waals surface area (Å²) in [5.74, 6) is -0.879. The standard InChI is InChI=1S/C27H33N3O5/c1-17(2)23-13-24(26(35-19(4)32)14-25(23)34-18(3)31)27(33)30-15-20-6-7-22(12-21(20)16-30)29-10-8-28(5)9-11-29/h6-7,12-14,17H,8-11,15-16H2,1-5H3. The number of amides is 1. The van der Waals surface area contributed by atoms with E-state index in [1.807, 2.05) is 13.8 Å². The summed E-state index contributed by atoms with van der Waals surface area (Å²) in [7, 11) is 2.14. The van der Waals surface area contributed by atoms with Crippen molar-refractivity contribution in [1.29, 1.82) is 0 Å². The van der Waals surface area contributed by atoms with Crippen LogP contribution >= 0.6 is 0 Å². The Kier molecular flexibility index (Phi) is 7.12. The highest BCUT2D eigenvalue weighted by atomic mass is 16.5. The lowest BCUT2D eigenvalue weighted by molar-refractivity contribution is -0.132. The third-order valence-corrected chi connectivity index (χ3v) is 6.54. The fraction of sp³-hybridized carbons (Fsp3) is 0.444. The van der Waals surface area contributed by atoms with Crippen LogP contribution in [0.3, 0.4) is 0 Å². The van der Waals surface area contributed by atoms with Crippen LogP contribution in [-0.4, -0.2) is 60.9 Å². The van der Waals surface area contributed by atoms with E-state index < -0.39 is 11.9 Å². The molecule has 0 unspecified atom stereocenters. The first kappa shape index (κ1) is 24.7. The minimum atomic E-state index is -0.549. The minimum Gasteiger partial charge on any atom is -0.426 e. The quantitative estimate of drug-likeness (QED) is 0.479. The number of ether oxygens (including phenoxy) is 2. The monoisotopic (exact) mass is 479 g/mol. The highest BCUT2D eigenvalue weighted by Crippen LogP contribution is 2.36. The van der Waals surface area contributed by atoms with E-state index >= 15 is 0 Å². The van der Waals surface area contributed by atoms with Crippen LogP contribution in [0.4, 0.5) is 5.69 Å². The number of anilines is 1. The second kappa shape index (κ2) is 10.1. The largest absolute Gasteiger partial charge is 0.426 e. The molecule has 8 heteroatoms. The fourth-order valence-corrected chi connectivity index (χ4v) is 4.63. The van der Waals surface area contributed by atoms with Gasteiger partial charge in [-0.1, -0.05) is 19.9 Å². The molecule has 2 heterocycles. The molecule has 35 heavy (non-hydrogen) atoms. The number of carbonyl (C=O) groups excluding carboxylic acids is 3. The Morgan fingerprint density at radius 1 is 0.829 bits per heavy atom. The van der Waals surface area contributed by atoms with Gasteiger partial charge in [-0.05, 0) is 47.9 Å². The highest BCUT2D eigenvalue weighted by molar-refractivity contribution is 5.98. The van der Waals surface area contributed by atoms with Gasteiger partial charge in [0.2, 0.25) is 0 Å². The van der Waals surface area contributed by atoms with Gasteiger partial charge in [0, 0.05) is 64.9 Å². The third-order valence-electron chi connectivity index (χ3n) is 6.54. The molecule has 186 valence electrons. The van der Waals surface area contributed by atoms with Crippen LogP contribution in [0.1, 0.15) is 60.7 Å². The molecular formula is C27H33N3O5. The van der Waals surface area contributed by atoms with Crippen LogP contribution in [0, 0.1) is 0 Å². The van der Waals surface area contributed by atoms with Gasteiger partial charge in [0.1, 0.15) is 11.5 Å². The summed E-state index contributed by atoms with van der Waals surface area (Å²) < 4.78 is 10.7. The number of hydrogen-bond donors (Lipinski definition) is 0. The molecule has 1 saturated heterocycles. The van der Waals surface area contributed by atoms with Gasteiger partial charge in [-0.3, -0.25) is 14.4 Å². The van der Waals surface area contributed by atoms with E-state index in [0.717, 1.165) is 37.3 Å². The van der Waals surface area contributed by atoms with E-state index in [9.17, 15) is 14.4 Å². The third kappa shape index (κ3) is 5.48. The summed E-state index contributed by atoms with van der Waals surface area (Å²) >= 11 is 0. The molecule has 8 nitrogen and oxygen atoms in total. The van der Waals surface area contributed by atoms with Crippen LogP contribution in [0.25, 0.3) is 0 Å². The molecule has 0 radical (unpaired) electrons. The van der Waals surface area contributed by atoms with Crippen LogP contribution in [0.5, 0.6) is 11.5 Å². The van der Waals surface area contributed by atoms with Crippen LogP contribution in [0.2, 0.25) is 0 Å². The SMILES string of the molecule is CC(=O)Oc1cc(OC(C)=O)c(C(C)C)cc1C(=O)N1Cc2ccc(N3CCN(C)CC3)cc2C1. The van der Waals surface area contributed by atoms with Gasteiger partial charge in [-0.15, -0.1) is 0 Å². The second-order valence-electron chi connectivity index (χ2n) is 9.63. The zero-order valence-corrected chi connectivity index (χ0v) is 21.1. The maximum atomic E-state index is 13.7. The summed E-state index contributed by atoms with van der Waals surface area (Å²) in [5, 5.41) is 0. The number of carbonyl (C=O) groups is 3. The number of fused-ring (bicyclic) bond motifs is 1. The molecular weight excluding hydrogens is 446 g/mol. The Balaban J connectivity index is 1.61. The fourth-order valence-electron chi connectivity index (χ4n) is 4.63. The minimum absolute atomic E-state index is 0.0100. The Bertz CT molecular complexity index is 1150. The van der Waals surface area contributed by atoms with Crippen molar-refractivity contribution < 1.29 is 23.9 Å². The number of piperazine rings is 1. The maximum absolute atomic E-state index is 13.7. The second-order valence-corrected chi connectivity index (χ2v) is 9.63. The molecule has 2 aliphatic rings. The molecule has 4 rings (SSSR count). The van der Waals surface area contributed by atoms with Crippen molar-refractivity contribution in [2.75, 3.05) is 38.1 Å². The van der Waals surface area contributed by atoms with Gasteiger partial charge in [0.05, 0.1) is 5.56 Å². The summed E-state index contributed by atoms with van der Waals surface area (Å²) in [6.07, 6.45) is 0. The average Bonchev–Trinajstić information content (AvgIpc) is 3.22. The van der Waals surface area contributed by atoms with E-state index in [0.29, 0.717) is 24.4 Å². The molecule has 0 N–H and O–H groups in total. The number of hydrogen-bond acceptors (Lipinski definition) is 7. The molecule has 2 aromatic rings. The van der Waals surface area contributed by atoms with Gasteiger partial charge < -0.3 is 24.2 Å². The van der Waals surface area contributed by atoms with E-state index in [1.165, 1.54) is 25.6 Å². The van der Waals surface area contributed by atoms with Gasteiger partial charge in [-0.2, -0.15) is 0 Å². The molecule has 0 aromatic heterocycles. The number of benzene rings is 2. The number of likely N-dealkylation sites (N-methyl/N-ethyl adjacent to an activating group) is 1. The number of nitrogens with zero attached hydrogens (tertiary/aromatic N) is 3. The molecule has 0 spiro atoms. The predicted molar refractivity (Wildman–Crippen MR) is 133 cm³/mol. The molecule has 2 aromatic carbocycles. The van der Waals surface area contributed by atoms with E-state index in [-0.39, 0.29) is 23.1 Å². The van der Waals surface area contributed by atoms with E-state index in [2.05, 4.69) is 35.0 Å². The molecule has 1 fully saturated rings. The smallest absolute Gasteiger partial charge is 0.308 e. The Hall–Kier alpha value is -3.39. The molecule has 0 saturated carbocycles. The Labute approximate surface area is 206 Å². The van der Waals surface area contributed by atoms with Crippen molar-refractivity contribution in [3.8, 4) is 11.5 Å². The van der Waals surface area contributed by atoms with Gasteiger partial charge in [0.25, 0.3) is 5.91 Å². The lowest BCUT2D eigenvalue weighted by Gasteiger charge is -2.34. The van der Waals surface area contributed by atoms with Crippen LogP contribution in [-0.2, 0) is 22.7 Å². The van der Waals surface area contributed by atoms with Crippen molar-refractivity contribution in [2.45, 2.75) is 46.7 Å². The van der Waals surface area contributed by atoms with Crippen molar-refractivity contribution in [3.63, 3.8) is 0 Å². The maximum Gasteiger partial charge on any atom is 0.308 e. The van der Waals surface area contributed by atoms with Crippen molar-refractivity contribution in [1.82, 2.24) is 9.80 Å². The molecule has 0 aliphatic carbocycles. The molecule has 1 amide bonds. The molecule has 2 aliphatic heterocycles. The predicted octanol–water partition coefficient (Wildman–Crippen LogP) is 3.57. The molecule has 0 atom stereocenters. The average molecular weight is 480 g/mol. The summed E-state index contributed by atoms with van der Waals surface area (Å²) in [5.41, 5.74) is 4.41. The highest BCUT2D eigenvalue weighted by Gasteiger charge is 2.29. The Morgan fingerprint density at radius 2 is 1.46 bits per heavy atom. The summed E-state index contributed by atoms with van der Waals surface area (Å²) in [4.78, 5) is 43.5. The van der Waals surface area contributed by atoms with E-state index in [1.54, 1.807) is 11.0 Å². The van der Waals surface area contributed by atoms with Crippen molar-refractivity contribution in [2.24, 2.45) is 0 Å². The molecule has 0 bridgehead atoms. The lowest BCUT2D eigenvalue weighted by atomic mass is 9.98. The summed E-state index contributed by atoms with van der Waals surface area (Å²) in [6, 6.07) is 9.58. The van der Waals surface area contributed by atoms with Gasteiger partial charge in [0.15, 0.2) is 0 Å². The lowest BCUT2D eigenvalue weighted by Crippen LogP contribution is -2.44. The normalized spacial score (nSPS) is 15.8. The first-order chi connectivity index (χ1) is 16.6. The van der Waals surface area contributed by atoms with Gasteiger partial charge in [-0.25, -0.2) is 0 Å². The zero-order chi connectivity index (χ0) is 25.3. The topological polar surface area (TPSA) is 79.4 Å². The summed E-state index contributed by atoms with van der Waals surface area (Å²) in [6.45, 7) is 11.5. The van der Waals surface area contributed by atoms with Crippen molar-refractivity contribution in [3.05, 3.63) is 52.6 Å². The van der Waals surface area contributed by atoms with Crippen LogP contribution < -0.4 is 14.4 Å². The van der Waals surface area contributed by atoms with Crippen molar-refractivity contribution >= 4 is 23.5 Å². The van der Waals surface area contributed by atoms with Crippen LogP contribution in [0.15, 0.2) is 30.3 Å². The number of rotatable bonds is 5. The first-order valence-corrected chi connectivity index (χ1v) is 12.0. The van der Waals surface area contributed by atoms with Gasteiger partial charge >= 0.3 is 11.9 Å². The number of esters is 2. The zero-order valence-electron chi connectivity index (χ0n) is 21.1.